The summed E-state index contributed by atoms with van der Waals surface area (Å²) in [6, 6.07) is 13.3. The van der Waals surface area contributed by atoms with Crippen molar-refractivity contribution in [1.29, 1.82) is 0 Å². The minimum atomic E-state index is -0.366. The number of anilines is 1. The number of nitrogens with zero attached hydrogens (tertiary/aromatic N) is 1. The fourth-order valence-corrected chi connectivity index (χ4v) is 9.92. The first-order valence-corrected chi connectivity index (χ1v) is 13.3. The molecule has 3 aromatic rings. The second kappa shape index (κ2) is 7.29. The zero-order chi connectivity index (χ0) is 23.3. The topological polar surface area (TPSA) is 70.2 Å². The zero-order valence-electron chi connectivity index (χ0n) is 17.6. The predicted molar refractivity (Wildman–Crippen MR) is 129 cm³/mol. The molecule has 0 spiro atoms. The molecular weight excluding hydrogens is 495 g/mol. The van der Waals surface area contributed by atoms with Crippen LogP contribution in [0.2, 0.25) is 5.02 Å². The van der Waals surface area contributed by atoms with Gasteiger partial charge in [0.25, 0.3) is 0 Å². The molecule has 7 atom stereocenters. The monoisotopic (exact) mass is 512 g/mol. The van der Waals surface area contributed by atoms with Crippen LogP contribution < -0.4 is 9.77 Å². The lowest BCUT2D eigenvalue weighted by atomic mass is 9.68. The summed E-state index contributed by atoms with van der Waals surface area (Å²) in [6.07, 6.45) is 0.820. The molecule has 34 heavy (non-hydrogen) atoms. The molecule has 1 N–H and O–H groups in total. The average molecular weight is 513 g/mol. The fourth-order valence-electron chi connectivity index (χ4n) is 6.90. The van der Waals surface area contributed by atoms with Crippen molar-refractivity contribution in [2.75, 3.05) is 4.90 Å². The highest BCUT2D eigenvalue weighted by atomic mass is 35.5. The summed E-state index contributed by atoms with van der Waals surface area (Å²) in [5.74, 6) is -1.21. The molecule has 2 aliphatic heterocycles. The maximum atomic E-state index is 13.7. The second-order valence-corrected chi connectivity index (χ2v) is 12.1. The van der Waals surface area contributed by atoms with Gasteiger partial charge in [-0.05, 0) is 66.1 Å². The number of aromatic nitrogens is 1. The Kier molecular flexibility index (Phi) is 4.48. The van der Waals surface area contributed by atoms with Gasteiger partial charge in [-0.25, -0.2) is 4.39 Å². The summed E-state index contributed by atoms with van der Waals surface area (Å²) in [5, 5.41) is 1.51. The van der Waals surface area contributed by atoms with Gasteiger partial charge in [0, 0.05) is 21.1 Å². The van der Waals surface area contributed by atoms with Crippen LogP contribution in [0.5, 0.6) is 0 Å². The van der Waals surface area contributed by atoms with Crippen LogP contribution in [0.15, 0.2) is 58.4 Å². The van der Waals surface area contributed by atoms with E-state index in [2.05, 4.69) is 4.98 Å². The normalized spacial score (nSPS) is 33.2. The number of aromatic amines is 1. The Labute approximate surface area is 207 Å². The third kappa shape index (κ3) is 2.76. The molecule has 3 heterocycles. The third-order valence-corrected chi connectivity index (χ3v) is 10.9. The second-order valence-electron chi connectivity index (χ2n) is 9.50. The van der Waals surface area contributed by atoms with Gasteiger partial charge in [0.05, 0.1) is 22.5 Å². The van der Waals surface area contributed by atoms with Crippen LogP contribution in [0.4, 0.5) is 10.1 Å². The van der Waals surface area contributed by atoms with E-state index in [1.54, 1.807) is 48.2 Å². The summed E-state index contributed by atoms with van der Waals surface area (Å²) < 4.78 is 13.7. The predicted octanol–water partition coefficient (Wildman–Crippen LogP) is 4.91. The van der Waals surface area contributed by atoms with Crippen molar-refractivity contribution in [3.05, 3.63) is 79.5 Å². The van der Waals surface area contributed by atoms with Crippen molar-refractivity contribution in [3.8, 4) is 0 Å². The number of carbonyl (C=O) groups is 2. The molecule has 5 nitrogen and oxygen atoms in total. The minimum Gasteiger partial charge on any atom is -0.307 e. The Balaban J connectivity index is 1.32. The van der Waals surface area contributed by atoms with Crippen LogP contribution in [0.25, 0.3) is 0 Å². The Morgan fingerprint density at radius 2 is 1.62 bits per heavy atom. The number of thioether (sulfide) groups is 1. The molecule has 4 aliphatic rings. The SMILES string of the molecule is O=C1C2C3CC(C2C(=O)N1c1ccc(Cl)cc1)C1C3Sc2[nH]c(=O)sc2[C@@H]1c1ccc(F)cc1. The number of benzene rings is 2. The van der Waals surface area contributed by atoms with Crippen molar-refractivity contribution >= 4 is 52.2 Å². The highest BCUT2D eigenvalue weighted by molar-refractivity contribution is 8.00. The molecule has 7 rings (SSSR count). The molecule has 2 amide bonds. The summed E-state index contributed by atoms with van der Waals surface area (Å²) in [6.45, 7) is 0. The van der Waals surface area contributed by atoms with Crippen molar-refractivity contribution in [1.82, 2.24) is 4.98 Å². The van der Waals surface area contributed by atoms with Crippen LogP contribution in [0.1, 0.15) is 22.8 Å². The molecule has 172 valence electrons. The van der Waals surface area contributed by atoms with E-state index in [1.807, 2.05) is 0 Å². The van der Waals surface area contributed by atoms with E-state index in [4.69, 9.17) is 11.6 Å². The summed E-state index contributed by atoms with van der Waals surface area (Å²) >= 11 is 8.86. The van der Waals surface area contributed by atoms with Gasteiger partial charge >= 0.3 is 4.87 Å². The van der Waals surface area contributed by atoms with Gasteiger partial charge in [0.1, 0.15) is 5.82 Å². The van der Waals surface area contributed by atoms with E-state index in [9.17, 15) is 18.8 Å². The number of nitrogens with one attached hydrogen (secondary N) is 1. The Bertz CT molecular complexity index is 1400. The first-order valence-electron chi connectivity index (χ1n) is 11.2. The summed E-state index contributed by atoms with van der Waals surface area (Å²) in [5.41, 5.74) is 1.51. The number of imide groups is 1. The molecule has 3 fully saturated rings. The number of thiazole rings is 1. The van der Waals surface area contributed by atoms with Gasteiger partial charge in [-0.2, -0.15) is 0 Å². The first-order chi connectivity index (χ1) is 16.4. The maximum absolute atomic E-state index is 13.7. The average Bonchev–Trinajstić information content (AvgIpc) is 3.54. The Morgan fingerprint density at radius 1 is 0.941 bits per heavy atom. The number of fused-ring (bicyclic) bond motifs is 9. The van der Waals surface area contributed by atoms with Crippen LogP contribution in [-0.2, 0) is 9.59 Å². The molecule has 2 aromatic carbocycles. The van der Waals surface area contributed by atoms with Crippen molar-refractivity contribution in [2.24, 2.45) is 29.6 Å². The molecule has 2 saturated carbocycles. The molecular formula is C25H18ClFN2O3S2. The Hall–Kier alpha value is -2.42. The van der Waals surface area contributed by atoms with E-state index in [0.717, 1.165) is 21.9 Å². The standard InChI is InChI=1S/C25H18ClFN2O3S2/c26-11-3-7-13(8-4-11)29-23(30)18-14-9-15(19(18)24(29)31)20-17(14)16(10-1-5-12(27)6-2-10)21-22(33-20)28-25(32)34-21/h1-8,14-20H,9H2,(H,28,32)/t14?,15?,16-,17?,18?,19?,20?/m1/s1. The van der Waals surface area contributed by atoms with Crippen LogP contribution in [0, 0.1) is 35.4 Å². The number of rotatable bonds is 2. The lowest BCUT2D eigenvalue weighted by Gasteiger charge is -2.43. The molecule has 9 heteroatoms. The zero-order valence-corrected chi connectivity index (χ0v) is 20.0. The van der Waals surface area contributed by atoms with Crippen LogP contribution >= 0.6 is 34.7 Å². The van der Waals surface area contributed by atoms with Crippen LogP contribution in [-0.4, -0.2) is 22.0 Å². The van der Waals surface area contributed by atoms with Crippen LogP contribution in [0.3, 0.4) is 0 Å². The lowest BCUT2D eigenvalue weighted by Crippen LogP contribution is -2.42. The van der Waals surface area contributed by atoms with E-state index in [-0.39, 0.29) is 63.3 Å². The number of amides is 2. The molecule has 6 unspecified atom stereocenters. The highest BCUT2D eigenvalue weighted by Gasteiger charge is 2.69. The maximum Gasteiger partial charge on any atom is 0.305 e. The number of carbonyl (C=O) groups excluding carboxylic acids is 2. The van der Waals surface area contributed by atoms with E-state index >= 15 is 0 Å². The highest BCUT2D eigenvalue weighted by Crippen LogP contribution is 2.68. The number of halogens is 2. The number of hydrogen-bond donors (Lipinski definition) is 1. The number of H-pyrrole nitrogens is 1. The lowest BCUT2D eigenvalue weighted by molar-refractivity contribution is -0.123. The smallest absolute Gasteiger partial charge is 0.305 e. The fraction of sp³-hybridized carbons (Fsp3) is 0.320. The van der Waals surface area contributed by atoms with Gasteiger partial charge in [-0.1, -0.05) is 35.1 Å². The molecule has 2 bridgehead atoms. The van der Waals surface area contributed by atoms with Crippen molar-refractivity contribution in [2.45, 2.75) is 22.6 Å². The molecule has 1 saturated heterocycles. The minimum absolute atomic E-state index is 0.0293. The van der Waals surface area contributed by atoms with Crippen molar-refractivity contribution < 1.29 is 14.0 Å². The summed E-state index contributed by atoms with van der Waals surface area (Å²) in [7, 11) is 0. The van der Waals surface area contributed by atoms with Gasteiger partial charge < -0.3 is 4.98 Å². The van der Waals surface area contributed by atoms with Gasteiger partial charge in [0.2, 0.25) is 11.8 Å². The van der Waals surface area contributed by atoms with Crippen molar-refractivity contribution in [3.63, 3.8) is 0 Å². The molecule has 2 aliphatic carbocycles. The first kappa shape index (κ1) is 20.9. The molecule has 0 radical (unpaired) electrons. The van der Waals surface area contributed by atoms with E-state index in [1.165, 1.54) is 28.4 Å². The van der Waals surface area contributed by atoms with Gasteiger partial charge in [-0.15, -0.1) is 11.8 Å². The van der Waals surface area contributed by atoms with Gasteiger partial charge in [0.15, 0.2) is 0 Å². The van der Waals surface area contributed by atoms with E-state index < -0.39 is 0 Å². The third-order valence-electron chi connectivity index (χ3n) is 8.04. The van der Waals surface area contributed by atoms with E-state index in [0.29, 0.717) is 10.7 Å². The summed E-state index contributed by atoms with van der Waals surface area (Å²) in [4.78, 5) is 44.6. The number of hydrogen-bond acceptors (Lipinski definition) is 5. The quantitative estimate of drug-likeness (QED) is 0.495. The Morgan fingerprint density at radius 3 is 2.32 bits per heavy atom. The van der Waals surface area contributed by atoms with Gasteiger partial charge in [-0.3, -0.25) is 19.3 Å². The molecule has 1 aromatic heterocycles. The largest absolute Gasteiger partial charge is 0.307 e.